The highest BCUT2D eigenvalue weighted by atomic mass is 16.5. The molecule has 0 amide bonds. The van der Waals surface area contributed by atoms with Crippen molar-refractivity contribution in [3.05, 3.63) is 0 Å². The Balaban J connectivity index is 2.40. The summed E-state index contributed by atoms with van der Waals surface area (Å²) in [5, 5.41) is 3.23. The second-order valence-electron chi connectivity index (χ2n) is 4.13. The summed E-state index contributed by atoms with van der Waals surface area (Å²) in [5.74, 6) is 0. The fourth-order valence-corrected chi connectivity index (χ4v) is 1.97. The van der Waals surface area contributed by atoms with Gasteiger partial charge in [-0.2, -0.15) is 0 Å². The van der Waals surface area contributed by atoms with Crippen molar-refractivity contribution in [3.8, 4) is 0 Å². The van der Waals surface area contributed by atoms with Gasteiger partial charge < -0.3 is 14.8 Å². The third-order valence-corrected chi connectivity index (χ3v) is 2.84. The van der Waals surface area contributed by atoms with Crippen molar-refractivity contribution < 1.29 is 9.47 Å². The van der Waals surface area contributed by atoms with Crippen LogP contribution < -0.4 is 5.32 Å². The second-order valence-corrected chi connectivity index (χ2v) is 4.13. The van der Waals surface area contributed by atoms with Gasteiger partial charge in [-0.1, -0.05) is 0 Å². The third-order valence-electron chi connectivity index (χ3n) is 2.84. The number of nitrogens with zero attached hydrogens (tertiary/aromatic N) is 1. The molecule has 4 nitrogen and oxygen atoms in total. The minimum absolute atomic E-state index is 0.475. The molecule has 0 aromatic carbocycles. The monoisotopic (exact) mass is 216 g/mol. The van der Waals surface area contributed by atoms with E-state index >= 15 is 0 Å². The van der Waals surface area contributed by atoms with E-state index in [1.807, 2.05) is 7.05 Å². The Hall–Kier alpha value is -0.160. The molecule has 1 rings (SSSR count). The first-order valence-corrected chi connectivity index (χ1v) is 5.71. The van der Waals surface area contributed by atoms with Crippen LogP contribution in [0.1, 0.15) is 12.8 Å². The molecule has 1 unspecified atom stereocenters. The van der Waals surface area contributed by atoms with E-state index in [1.165, 1.54) is 12.8 Å². The first-order chi connectivity index (χ1) is 7.33. The topological polar surface area (TPSA) is 33.7 Å². The number of ether oxygens (including phenoxy) is 2. The van der Waals surface area contributed by atoms with Crippen LogP contribution in [0.3, 0.4) is 0 Å². The van der Waals surface area contributed by atoms with E-state index < -0.39 is 0 Å². The summed E-state index contributed by atoms with van der Waals surface area (Å²) in [6.45, 7) is 3.59. The predicted octanol–water partition coefficient (Wildman–Crippen LogP) is 0.332. The molecule has 0 aliphatic heterocycles. The summed E-state index contributed by atoms with van der Waals surface area (Å²) in [5.41, 5.74) is 0. The Labute approximate surface area is 92.9 Å². The summed E-state index contributed by atoms with van der Waals surface area (Å²) in [7, 11) is 5.52. The molecule has 90 valence electrons. The molecule has 1 N–H and O–H groups in total. The summed E-state index contributed by atoms with van der Waals surface area (Å²) < 4.78 is 10.4. The van der Waals surface area contributed by atoms with Gasteiger partial charge >= 0.3 is 0 Å². The molecule has 1 saturated carbocycles. The van der Waals surface area contributed by atoms with Crippen molar-refractivity contribution in [2.24, 2.45) is 0 Å². The van der Waals surface area contributed by atoms with Gasteiger partial charge in [-0.3, -0.25) is 4.90 Å². The largest absolute Gasteiger partial charge is 0.383 e. The van der Waals surface area contributed by atoms with Gasteiger partial charge in [0.15, 0.2) is 0 Å². The van der Waals surface area contributed by atoms with E-state index in [0.29, 0.717) is 6.04 Å². The molecule has 0 aromatic heterocycles. The third kappa shape index (κ3) is 4.47. The van der Waals surface area contributed by atoms with Gasteiger partial charge in [0.2, 0.25) is 0 Å². The van der Waals surface area contributed by atoms with Gasteiger partial charge in [0.05, 0.1) is 13.2 Å². The lowest BCUT2D eigenvalue weighted by molar-refractivity contribution is 0.0628. The van der Waals surface area contributed by atoms with Crippen molar-refractivity contribution >= 4 is 0 Å². The smallest absolute Gasteiger partial charge is 0.0630 e. The van der Waals surface area contributed by atoms with Crippen LogP contribution in [0, 0.1) is 0 Å². The molecule has 15 heavy (non-hydrogen) atoms. The molecule has 0 bridgehead atoms. The lowest BCUT2D eigenvalue weighted by Crippen LogP contribution is -2.47. The standard InChI is InChI=1S/C11H24N2O2/c1-12-8-11(9-15-3)13(6-7-14-2)10-4-5-10/h10-12H,4-9H2,1-3H3. The van der Waals surface area contributed by atoms with E-state index in [1.54, 1.807) is 14.2 Å². The fourth-order valence-electron chi connectivity index (χ4n) is 1.97. The molecular formula is C11H24N2O2. The molecule has 4 heteroatoms. The lowest BCUT2D eigenvalue weighted by Gasteiger charge is -2.31. The van der Waals surface area contributed by atoms with Crippen molar-refractivity contribution in [1.29, 1.82) is 0 Å². The van der Waals surface area contributed by atoms with Crippen LogP contribution >= 0.6 is 0 Å². The van der Waals surface area contributed by atoms with Crippen LogP contribution in [-0.2, 0) is 9.47 Å². The predicted molar refractivity (Wildman–Crippen MR) is 61.2 cm³/mol. The summed E-state index contributed by atoms with van der Waals surface area (Å²) in [4.78, 5) is 2.52. The Bertz CT molecular complexity index is 157. The van der Waals surface area contributed by atoms with Crippen LogP contribution in [0.2, 0.25) is 0 Å². The van der Waals surface area contributed by atoms with Gasteiger partial charge in [-0.25, -0.2) is 0 Å². The Kier molecular flexibility index (Phi) is 6.17. The summed E-state index contributed by atoms with van der Waals surface area (Å²) >= 11 is 0. The first-order valence-electron chi connectivity index (χ1n) is 5.71. The first kappa shape index (κ1) is 12.9. The van der Waals surface area contributed by atoms with Crippen LogP contribution in [0.25, 0.3) is 0 Å². The molecule has 0 radical (unpaired) electrons. The maximum absolute atomic E-state index is 5.27. The quantitative estimate of drug-likeness (QED) is 0.602. The number of nitrogens with one attached hydrogen (secondary N) is 1. The Morgan fingerprint density at radius 2 is 2.07 bits per heavy atom. The lowest BCUT2D eigenvalue weighted by atomic mass is 10.2. The number of likely N-dealkylation sites (N-methyl/N-ethyl adjacent to an activating group) is 1. The van der Waals surface area contributed by atoms with E-state index in [2.05, 4.69) is 10.2 Å². The number of rotatable bonds is 9. The molecule has 0 aromatic rings. The fraction of sp³-hybridized carbons (Fsp3) is 1.00. The van der Waals surface area contributed by atoms with Gasteiger partial charge in [0, 0.05) is 39.4 Å². The Morgan fingerprint density at radius 3 is 2.53 bits per heavy atom. The highest BCUT2D eigenvalue weighted by Crippen LogP contribution is 2.28. The van der Waals surface area contributed by atoms with Gasteiger partial charge in [0.1, 0.15) is 0 Å². The molecule has 0 spiro atoms. The van der Waals surface area contributed by atoms with Crippen molar-refractivity contribution in [3.63, 3.8) is 0 Å². The zero-order chi connectivity index (χ0) is 11.1. The minimum Gasteiger partial charge on any atom is -0.383 e. The van der Waals surface area contributed by atoms with E-state index in [-0.39, 0.29) is 0 Å². The average Bonchev–Trinajstić information content (AvgIpc) is 3.03. The normalized spacial score (nSPS) is 18.4. The number of methoxy groups -OCH3 is 2. The maximum Gasteiger partial charge on any atom is 0.0630 e. The van der Waals surface area contributed by atoms with Crippen LogP contribution in [0.4, 0.5) is 0 Å². The maximum atomic E-state index is 5.27. The minimum atomic E-state index is 0.475. The van der Waals surface area contributed by atoms with E-state index in [9.17, 15) is 0 Å². The molecule has 1 fully saturated rings. The van der Waals surface area contributed by atoms with Crippen molar-refractivity contribution in [2.45, 2.75) is 24.9 Å². The molecule has 1 atom stereocenters. The van der Waals surface area contributed by atoms with Crippen LogP contribution in [0.5, 0.6) is 0 Å². The molecule has 1 aliphatic carbocycles. The molecule has 0 heterocycles. The SMILES string of the molecule is CNCC(COC)N(CCOC)C1CC1. The van der Waals surface area contributed by atoms with E-state index in [0.717, 1.165) is 32.3 Å². The molecular weight excluding hydrogens is 192 g/mol. The Morgan fingerprint density at radius 1 is 1.33 bits per heavy atom. The molecule has 1 aliphatic rings. The summed E-state index contributed by atoms with van der Waals surface area (Å²) in [6.07, 6.45) is 2.65. The van der Waals surface area contributed by atoms with E-state index in [4.69, 9.17) is 9.47 Å². The van der Waals surface area contributed by atoms with Gasteiger partial charge in [0.25, 0.3) is 0 Å². The van der Waals surface area contributed by atoms with Gasteiger partial charge in [-0.15, -0.1) is 0 Å². The van der Waals surface area contributed by atoms with Crippen molar-refractivity contribution in [1.82, 2.24) is 10.2 Å². The van der Waals surface area contributed by atoms with Crippen LogP contribution in [-0.4, -0.2) is 64.6 Å². The zero-order valence-electron chi connectivity index (χ0n) is 10.2. The highest BCUT2D eigenvalue weighted by molar-refractivity contribution is 4.89. The number of hydrogen-bond donors (Lipinski definition) is 1. The van der Waals surface area contributed by atoms with Gasteiger partial charge in [-0.05, 0) is 19.9 Å². The average molecular weight is 216 g/mol. The molecule has 0 saturated heterocycles. The highest BCUT2D eigenvalue weighted by Gasteiger charge is 2.33. The second kappa shape index (κ2) is 7.17. The van der Waals surface area contributed by atoms with Crippen LogP contribution in [0.15, 0.2) is 0 Å². The number of hydrogen-bond acceptors (Lipinski definition) is 4. The zero-order valence-corrected chi connectivity index (χ0v) is 10.2. The van der Waals surface area contributed by atoms with Crippen molar-refractivity contribution in [2.75, 3.05) is 47.6 Å². The summed E-state index contributed by atoms with van der Waals surface area (Å²) in [6, 6.07) is 1.23.